The molecule has 0 unspecified atom stereocenters. The van der Waals surface area contributed by atoms with Crippen molar-refractivity contribution in [1.29, 1.82) is 0 Å². The summed E-state index contributed by atoms with van der Waals surface area (Å²) in [5, 5.41) is 4.72. The number of benzene rings is 1. The number of aromatic nitrogens is 4. The molecule has 7 heteroatoms. The van der Waals surface area contributed by atoms with Crippen LogP contribution in [0.15, 0.2) is 64.5 Å². The highest BCUT2D eigenvalue weighted by Crippen LogP contribution is 2.24. The number of fused-ring (bicyclic) bond motifs is 1. The van der Waals surface area contributed by atoms with E-state index < -0.39 is 0 Å². The van der Waals surface area contributed by atoms with Gasteiger partial charge in [0.2, 0.25) is 5.13 Å². The van der Waals surface area contributed by atoms with Crippen LogP contribution in [0.25, 0.3) is 15.3 Å². The lowest BCUT2D eigenvalue weighted by molar-refractivity contribution is 0.827. The van der Waals surface area contributed by atoms with Crippen molar-refractivity contribution in [2.24, 2.45) is 0 Å². The SMILES string of the molecule is O=c1cc(CSc2ccccn2)[nH]n1-c1nc2ccccc2s1. The molecule has 0 spiro atoms. The second kappa shape index (κ2) is 6.02. The first-order valence-corrected chi connectivity index (χ1v) is 8.80. The lowest BCUT2D eigenvalue weighted by atomic mass is 10.3. The van der Waals surface area contributed by atoms with Gasteiger partial charge >= 0.3 is 0 Å². The van der Waals surface area contributed by atoms with Crippen LogP contribution < -0.4 is 5.56 Å². The molecule has 0 atom stereocenters. The van der Waals surface area contributed by atoms with Crippen molar-refractivity contribution in [2.45, 2.75) is 10.8 Å². The number of hydrogen-bond donors (Lipinski definition) is 1. The summed E-state index contributed by atoms with van der Waals surface area (Å²) in [5.41, 5.74) is 1.66. The predicted molar refractivity (Wildman–Crippen MR) is 93.4 cm³/mol. The van der Waals surface area contributed by atoms with Gasteiger partial charge in [0, 0.05) is 23.7 Å². The maximum Gasteiger partial charge on any atom is 0.273 e. The van der Waals surface area contributed by atoms with E-state index in [4.69, 9.17) is 0 Å². The van der Waals surface area contributed by atoms with E-state index in [0.29, 0.717) is 10.9 Å². The van der Waals surface area contributed by atoms with E-state index in [1.807, 2.05) is 42.5 Å². The van der Waals surface area contributed by atoms with E-state index in [9.17, 15) is 4.79 Å². The van der Waals surface area contributed by atoms with Gasteiger partial charge in [0.15, 0.2) is 0 Å². The molecule has 0 radical (unpaired) electrons. The Balaban J connectivity index is 1.60. The fraction of sp³-hybridized carbons (Fsp3) is 0.0625. The molecule has 0 aliphatic heterocycles. The molecule has 3 aromatic heterocycles. The van der Waals surface area contributed by atoms with E-state index in [1.54, 1.807) is 24.0 Å². The highest BCUT2D eigenvalue weighted by Gasteiger charge is 2.10. The highest BCUT2D eigenvalue weighted by molar-refractivity contribution is 7.98. The van der Waals surface area contributed by atoms with Crippen molar-refractivity contribution < 1.29 is 0 Å². The van der Waals surface area contributed by atoms with Crippen LogP contribution >= 0.6 is 23.1 Å². The van der Waals surface area contributed by atoms with Gasteiger partial charge in [0.05, 0.1) is 15.2 Å². The lowest BCUT2D eigenvalue weighted by Gasteiger charge is -1.98. The molecular weight excluding hydrogens is 328 g/mol. The van der Waals surface area contributed by atoms with E-state index in [0.717, 1.165) is 20.9 Å². The Labute approximate surface area is 140 Å². The molecule has 0 fully saturated rings. The van der Waals surface area contributed by atoms with Gasteiger partial charge in [-0.2, -0.15) is 4.68 Å². The third-order valence-corrected chi connectivity index (χ3v) is 5.27. The Bertz CT molecular complexity index is 971. The zero-order valence-corrected chi connectivity index (χ0v) is 13.6. The first-order valence-electron chi connectivity index (χ1n) is 7.00. The number of rotatable bonds is 4. The highest BCUT2D eigenvalue weighted by atomic mass is 32.2. The van der Waals surface area contributed by atoms with Crippen LogP contribution in [0.5, 0.6) is 0 Å². The molecular formula is C16H12N4OS2. The summed E-state index contributed by atoms with van der Waals surface area (Å²) in [5.74, 6) is 0.657. The number of thioether (sulfide) groups is 1. The van der Waals surface area contributed by atoms with Crippen molar-refractivity contribution in [2.75, 3.05) is 0 Å². The number of pyridine rings is 1. The largest absolute Gasteiger partial charge is 0.292 e. The summed E-state index contributed by atoms with van der Waals surface area (Å²) in [6.45, 7) is 0. The van der Waals surface area contributed by atoms with Gasteiger partial charge in [-0.1, -0.05) is 29.5 Å². The van der Waals surface area contributed by atoms with Crippen LogP contribution in [0.2, 0.25) is 0 Å². The van der Waals surface area contributed by atoms with Crippen molar-refractivity contribution in [1.82, 2.24) is 19.7 Å². The van der Waals surface area contributed by atoms with Crippen molar-refractivity contribution >= 4 is 33.3 Å². The quantitative estimate of drug-likeness (QED) is 0.578. The second-order valence-electron chi connectivity index (χ2n) is 4.88. The van der Waals surface area contributed by atoms with Crippen LogP contribution in [0.3, 0.4) is 0 Å². The molecule has 0 aliphatic rings. The second-order valence-corrected chi connectivity index (χ2v) is 6.88. The van der Waals surface area contributed by atoms with Gasteiger partial charge in [0.1, 0.15) is 0 Å². The molecule has 0 saturated carbocycles. The lowest BCUT2D eigenvalue weighted by Crippen LogP contribution is -2.12. The number of nitrogens with zero attached hydrogens (tertiary/aromatic N) is 3. The van der Waals surface area contributed by atoms with Crippen LogP contribution in [0.4, 0.5) is 0 Å². The van der Waals surface area contributed by atoms with Gasteiger partial charge in [0.25, 0.3) is 5.56 Å². The molecule has 1 aromatic carbocycles. The van der Waals surface area contributed by atoms with Crippen molar-refractivity contribution in [3.05, 3.63) is 70.8 Å². The maximum atomic E-state index is 12.2. The Morgan fingerprint density at radius 3 is 2.87 bits per heavy atom. The van der Waals surface area contributed by atoms with E-state index in [-0.39, 0.29) is 5.56 Å². The van der Waals surface area contributed by atoms with E-state index in [2.05, 4.69) is 15.1 Å². The standard InChI is InChI=1S/C16H12N4OS2/c21-15-9-11(10-22-14-7-3-4-8-17-14)19-20(15)16-18-12-5-1-2-6-13(12)23-16/h1-9,19H,10H2. The summed E-state index contributed by atoms with van der Waals surface area (Å²) < 4.78 is 2.56. The summed E-state index contributed by atoms with van der Waals surface area (Å²) in [6.07, 6.45) is 1.76. The van der Waals surface area contributed by atoms with Gasteiger partial charge in [-0.25, -0.2) is 9.97 Å². The Morgan fingerprint density at radius 1 is 1.17 bits per heavy atom. The molecule has 3 heterocycles. The van der Waals surface area contributed by atoms with Gasteiger partial charge in [-0.3, -0.25) is 9.89 Å². The minimum absolute atomic E-state index is 0.0966. The molecule has 4 aromatic rings. The number of thiazole rings is 1. The van der Waals surface area contributed by atoms with Crippen LogP contribution in [-0.4, -0.2) is 19.7 Å². The Morgan fingerprint density at radius 2 is 2.04 bits per heavy atom. The normalized spacial score (nSPS) is 11.1. The van der Waals surface area contributed by atoms with Crippen molar-refractivity contribution in [3.8, 4) is 5.13 Å². The fourth-order valence-electron chi connectivity index (χ4n) is 2.20. The first kappa shape index (κ1) is 14.2. The third kappa shape index (κ3) is 2.93. The summed E-state index contributed by atoms with van der Waals surface area (Å²) >= 11 is 3.08. The smallest absolute Gasteiger partial charge is 0.273 e. The molecule has 5 nitrogen and oxygen atoms in total. The zero-order chi connectivity index (χ0) is 15.6. The predicted octanol–water partition coefficient (Wildman–Crippen LogP) is 3.46. The van der Waals surface area contributed by atoms with Gasteiger partial charge in [-0.05, 0) is 24.3 Å². The van der Waals surface area contributed by atoms with Gasteiger partial charge in [-0.15, -0.1) is 11.8 Å². The van der Waals surface area contributed by atoms with E-state index >= 15 is 0 Å². The Hall–Kier alpha value is -2.38. The van der Waals surface area contributed by atoms with Crippen LogP contribution in [0.1, 0.15) is 5.69 Å². The molecule has 0 amide bonds. The topological polar surface area (TPSA) is 63.6 Å². The minimum atomic E-state index is -0.0966. The number of H-pyrrole nitrogens is 1. The average Bonchev–Trinajstić information content (AvgIpc) is 3.17. The Kier molecular flexibility index (Phi) is 3.72. The molecule has 0 bridgehead atoms. The molecule has 1 N–H and O–H groups in total. The number of para-hydroxylation sites is 1. The third-order valence-electron chi connectivity index (χ3n) is 3.26. The average molecular weight is 340 g/mol. The molecule has 0 saturated heterocycles. The monoisotopic (exact) mass is 340 g/mol. The zero-order valence-electron chi connectivity index (χ0n) is 12.0. The van der Waals surface area contributed by atoms with Crippen molar-refractivity contribution in [3.63, 3.8) is 0 Å². The van der Waals surface area contributed by atoms with E-state index in [1.165, 1.54) is 16.0 Å². The molecule has 4 rings (SSSR count). The van der Waals surface area contributed by atoms with Gasteiger partial charge < -0.3 is 0 Å². The van der Waals surface area contributed by atoms with Crippen LogP contribution in [0, 0.1) is 0 Å². The minimum Gasteiger partial charge on any atom is -0.292 e. The first-order chi connectivity index (χ1) is 11.3. The summed E-state index contributed by atoms with van der Waals surface area (Å²) in [4.78, 5) is 21.0. The molecule has 23 heavy (non-hydrogen) atoms. The number of nitrogens with one attached hydrogen (secondary N) is 1. The number of aromatic amines is 1. The molecule has 0 aliphatic carbocycles. The summed E-state index contributed by atoms with van der Waals surface area (Å²) in [6, 6.07) is 15.3. The summed E-state index contributed by atoms with van der Waals surface area (Å²) in [7, 11) is 0. The van der Waals surface area contributed by atoms with Crippen LogP contribution in [-0.2, 0) is 5.75 Å². The fourth-order valence-corrected chi connectivity index (χ4v) is 3.89. The molecule has 114 valence electrons. The number of hydrogen-bond acceptors (Lipinski definition) is 5. The maximum absolute atomic E-state index is 12.2.